The number of aromatic nitrogens is 3. The monoisotopic (exact) mass is 286 g/mol. The first-order valence-electron chi connectivity index (χ1n) is 6.00. The molecule has 3 aromatic heterocycles. The number of halogens is 1. The molecular formula is C14H11FN4S. The number of hydrogen-bond acceptors (Lipinski definition) is 5. The van der Waals surface area contributed by atoms with Crippen molar-refractivity contribution in [2.24, 2.45) is 0 Å². The highest BCUT2D eigenvalue weighted by Crippen LogP contribution is 2.24. The lowest BCUT2D eigenvalue weighted by atomic mass is 10.2. The van der Waals surface area contributed by atoms with E-state index in [-0.39, 0.29) is 5.82 Å². The van der Waals surface area contributed by atoms with Crippen molar-refractivity contribution in [1.29, 1.82) is 0 Å². The molecule has 0 saturated heterocycles. The third-order valence-corrected chi connectivity index (χ3v) is 3.47. The Morgan fingerprint density at radius 2 is 2.15 bits per heavy atom. The number of thiazole rings is 1. The minimum absolute atomic E-state index is 0.334. The average molecular weight is 286 g/mol. The Morgan fingerprint density at radius 1 is 1.20 bits per heavy atom. The quantitative estimate of drug-likeness (QED) is 0.799. The van der Waals surface area contributed by atoms with E-state index in [4.69, 9.17) is 0 Å². The van der Waals surface area contributed by atoms with E-state index in [0.717, 1.165) is 22.0 Å². The fourth-order valence-electron chi connectivity index (χ4n) is 1.73. The summed E-state index contributed by atoms with van der Waals surface area (Å²) in [7, 11) is 0. The molecule has 100 valence electrons. The number of pyridine rings is 2. The van der Waals surface area contributed by atoms with Crippen LogP contribution >= 0.6 is 11.3 Å². The maximum Gasteiger partial charge on any atom is 0.183 e. The van der Waals surface area contributed by atoms with Crippen LogP contribution in [0.25, 0.3) is 11.3 Å². The lowest BCUT2D eigenvalue weighted by Gasteiger charge is -2.02. The molecule has 0 aromatic carbocycles. The maximum atomic E-state index is 13.0. The molecule has 0 aliphatic carbocycles. The molecule has 0 atom stereocenters. The van der Waals surface area contributed by atoms with Crippen molar-refractivity contribution in [2.75, 3.05) is 5.32 Å². The summed E-state index contributed by atoms with van der Waals surface area (Å²) in [5.41, 5.74) is 2.63. The Morgan fingerprint density at radius 3 is 2.95 bits per heavy atom. The van der Waals surface area contributed by atoms with Crippen molar-refractivity contribution in [3.8, 4) is 11.3 Å². The Kier molecular flexibility index (Phi) is 3.64. The zero-order valence-corrected chi connectivity index (χ0v) is 11.3. The van der Waals surface area contributed by atoms with E-state index in [0.29, 0.717) is 6.54 Å². The second-order valence-corrected chi connectivity index (χ2v) is 5.00. The topological polar surface area (TPSA) is 50.7 Å². The largest absolute Gasteiger partial charge is 0.357 e. The van der Waals surface area contributed by atoms with Crippen LogP contribution in [0.4, 0.5) is 9.52 Å². The summed E-state index contributed by atoms with van der Waals surface area (Å²) in [5, 5.41) is 5.91. The Hall–Kier alpha value is -2.34. The van der Waals surface area contributed by atoms with Crippen LogP contribution in [-0.4, -0.2) is 15.0 Å². The lowest BCUT2D eigenvalue weighted by molar-refractivity contribution is 0.619. The minimum atomic E-state index is -0.334. The van der Waals surface area contributed by atoms with Gasteiger partial charge in [-0.15, -0.1) is 11.3 Å². The summed E-state index contributed by atoms with van der Waals surface area (Å²) < 4.78 is 13.0. The molecule has 0 fully saturated rings. The van der Waals surface area contributed by atoms with Crippen LogP contribution in [0.3, 0.4) is 0 Å². The van der Waals surface area contributed by atoms with Crippen molar-refractivity contribution < 1.29 is 4.39 Å². The van der Waals surface area contributed by atoms with Gasteiger partial charge in [0.15, 0.2) is 5.13 Å². The summed E-state index contributed by atoms with van der Waals surface area (Å²) in [5.74, 6) is -0.334. The number of rotatable bonds is 4. The summed E-state index contributed by atoms with van der Waals surface area (Å²) in [6, 6.07) is 5.29. The summed E-state index contributed by atoms with van der Waals surface area (Å²) in [6.45, 7) is 0.491. The molecule has 0 aliphatic rings. The van der Waals surface area contributed by atoms with Crippen molar-refractivity contribution in [2.45, 2.75) is 6.54 Å². The van der Waals surface area contributed by atoms with E-state index in [1.807, 2.05) is 17.5 Å². The predicted octanol–water partition coefficient (Wildman–Crippen LogP) is 3.35. The molecule has 3 rings (SSSR count). The van der Waals surface area contributed by atoms with Crippen LogP contribution in [0.15, 0.2) is 48.4 Å². The molecule has 0 amide bonds. The first kappa shape index (κ1) is 12.7. The molecule has 0 saturated carbocycles. The zero-order chi connectivity index (χ0) is 13.8. The smallest absolute Gasteiger partial charge is 0.183 e. The zero-order valence-electron chi connectivity index (χ0n) is 10.5. The molecule has 6 heteroatoms. The third-order valence-electron chi connectivity index (χ3n) is 2.67. The summed E-state index contributed by atoms with van der Waals surface area (Å²) >= 11 is 1.50. The van der Waals surface area contributed by atoms with Crippen LogP contribution in [0.5, 0.6) is 0 Å². The SMILES string of the molecule is Fc1cncc(CNc2nc(-c3cccnc3)cs2)c1. The van der Waals surface area contributed by atoms with Crippen LogP contribution in [-0.2, 0) is 6.54 Å². The van der Waals surface area contributed by atoms with Gasteiger partial charge in [-0.05, 0) is 23.8 Å². The maximum absolute atomic E-state index is 13.0. The van der Waals surface area contributed by atoms with Gasteiger partial charge in [-0.3, -0.25) is 9.97 Å². The minimum Gasteiger partial charge on any atom is -0.357 e. The number of nitrogens with zero attached hydrogens (tertiary/aromatic N) is 3. The van der Waals surface area contributed by atoms with Crippen LogP contribution in [0.1, 0.15) is 5.56 Å². The number of anilines is 1. The highest BCUT2D eigenvalue weighted by atomic mass is 32.1. The Bertz CT molecular complexity index is 699. The fraction of sp³-hybridized carbons (Fsp3) is 0.0714. The fourth-order valence-corrected chi connectivity index (χ4v) is 2.45. The van der Waals surface area contributed by atoms with E-state index in [9.17, 15) is 4.39 Å². The van der Waals surface area contributed by atoms with Gasteiger partial charge in [0.1, 0.15) is 5.82 Å². The van der Waals surface area contributed by atoms with E-state index in [1.165, 1.54) is 23.6 Å². The molecule has 1 N–H and O–H groups in total. The van der Waals surface area contributed by atoms with Crippen molar-refractivity contribution >= 4 is 16.5 Å². The van der Waals surface area contributed by atoms with Gasteiger partial charge in [-0.25, -0.2) is 9.37 Å². The van der Waals surface area contributed by atoms with E-state index in [2.05, 4.69) is 20.3 Å². The lowest BCUT2D eigenvalue weighted by Crippen LogP contribution is -2.00. The number of nitrogens with one attached hydrogen (secondary N) is 1. The van der Waals surface area contributed by atoms with Gasteiger partial charge in [0.25, 0.3) is 0 Å². The molecule has 0 aliphatic heterocycles. The van der Waals surface area contributed by atoms with Gasteiger partial charge < -0.3 is 5.32 Å². The second-order valence-electron chi connectivity index (χ2n) is 4.14. The van der Waals surface area contributed by atoms with Gasteiger partial charge in [-0.1, -0.05) is 0 Å². The third kappa shape index (κ3) is 2.97. The molecule has 0 bridgehead atoms. The molecular weight excluding hydrogens is 275 g/mol. The second kappa shape index (κ2) is 5.75. The first-order chi connectivity index (χ1) is 9.81. The summed E-state index contributed by atoms with van der Waals surface area (Å²) in [6.07, 6.45) is 6.32. The Labute approximate surface area is 119 Å². The Balaban J connectivity index is 1.69. The van der Waals surface area contributed by atoms with Crippen molar-refractivity contribution in [1.82, 2.24) is 15.0 Å². The number of hydrogen-bond donors (Lipinski definition) is 1. The highest BCUT2D eigenvalue weighted by Gasteiger charge is 2.04. The molecule has 4 nitrogen and oxygen atoms in total. The standard InChI is InChI=1S/C14H11FN4S/c15-12-4-10(5-17-8-12)6-18-14-19-13(9-20-14)11-2-1-3-16-7-11/h1-5,7-9H,6H2,(H,18,19). The van der Waals surface area contributed by atoms with Crippen LogP contribution in [0.2, 0.25) is 0 Å². The van der Waals surface area contributed by atoms with Gasteiger partial charge in [0.05, 0.1) is 11.9 Å². The van der Waals surface area contributed by atoms with E-state index < -0.39 is 0 Å². The summed E-state index contributed by atoms with van der Waals surface area (Å²) in [4.78, 5) is 12.3. The van der Waals surface area contributed by atoms with E-state index in [1.54, 1.807) is 18.6 Å². The van der Waals surface area contributed by atoms with Crippen LogP contribution < -0.4 is 5.32 Å². The molecule has 20 heavy (non-hydrogen) atoms. The molecule has 0 spiro atoms. The average Bonchev–Trinajstić information content (AvgIpc) is 2.95. The molecule has 0 unspecified atom stereocenters. The van der Waals surface area contributed by atoms with Crippen molar-refractivity contribution in [3.05, 3.63) is 59.7 Å². The van der Waals surface area contributed by atoms with Gasteiger partial charge in [0.2, 0.25) is 0 Å². The van der Waals surface area contributed by atoms with Crippen LogP contribution in [0, 0.1) is 5.82 Å². The van der Waals surface area contributed by atoms with E-state index >= 15 is 0 Å². The van der Waals surface area contributed by atoms with Gasteiger partial charge >= 0.3 is 0 Å². The van der Waals surface area contributed by atoms with Gasteiger partial charge in [-0.2, -0.15) is 0 Å². The molecule has 0 radical (unpaired) electrons. The molecule has 3 heterocycles. The predicted molar refractivity (Wildman–Crippen MR) is 76.9 cm³/mol. The first-order valence-corrected chi connectivity index (χ1v) is 6.88. The molecule has 3 aromatic rings. The van der Waals surface area contributed by atoms with Crippen molar-refractivity contribution in [3.63, 3.8) is 0 Å². The highest BCUT2D eigenvalue weighted by molar-refractivity contribution is 7.14. The normalized spacial score (nSPS) is 10.4. The van der Waals surface area contributed by atoms with Gasteiger partial charge in [0, 0.05) is 36.1 Å².